The van der Waals surface area contributed by atoms with E-state index < -0.39 is 4.92 Å². The third-order valence-corrected chi connectivity index (χ3v) is 4.24. The van der Waals surface area contributed by atoms with Gasteiger partial charge in [0.05, 0.1) is 0 Å². The number of carbonyl (C=O) groups excluding carboxylic acids is 1. The Morgan fingerprint density at radius 1 is 1.21 bits per heavy atom. The minimum atomic E-state index is -0.486. The number of rotatable bonds is 8. The molecule has 0 saturated heterocycles. The molecule has 0 spiro atoms. The minimum Gasteiger partial charge on any atom is -0.489 e. The lowest BCUT2D eigenvalue weighted by Gasteiger charge is -2.07. The molecule has 3 rings (SSSR count). The van der Waals surface area contributed by atoms with Gasteiger partial charge in [-0.3, -0.25) is 4.79 Å². The maximum absolute atomic E-state index is 12.9. The number of allylic oxidation sites excluding steroid dienone is 1. The van der Waals surface area contributed by atoms with E-state index in [1.165, 1.54) is 29.0 Å². The van der Waals surface area contributed by atoms with E-state index in [2.05, 4.69) is 4.98 Å². The number of imidazole rings is 1. The zero-order valence-electron chi connectivity index (χ0n) is 15.6. The Labute approximate surface area is 166 Å². The van der Waals surface area contributed by atoms with Gasteiger partial charge in [0.1, 0.15) is 30.9 Å². The second-order valence-corrected chi connectivity index (χ2v) is 6.19. The summed E-state index contributed by atoms with van der Waals surface area (Å²) in [5.74, 6) is 0.478. The minimum absolute atomic E-state index is 0.0833. The van der Waals surface area contributed by atoms with E-state index in [0.717, 1.165) is 5.56 Å². The number of nitro groups is 1. The Bertz CT molecular complexity index is 1040. The number of hydrogen-bond donors (Lipinski definition) is 0. The topological polar surface area (TPSA) is 87.3 Å². The third kappa shape index (κ3) is 5.13. The molecule has 0 saturated carbocycles. The maximum Gasteiger partial charge on any atom is 0.342 e. The van der Waals surface area contributed by atoms with Crippen LogP contribution in [0.2, 0.25) is 0 Å². The number of halogens is 1. The highest BCUT2D eigenvalue weighted by Gasteiger charge is 2.16. The SMILES string of the molecule is Cc1ncc([N+](=O)[O-])n1CCOc1ccc(C(=O)/C=C/c2ccc(F)cc2)cc1. The molecule has 1 aromatic heterocycles. The molecule has 0 aliphatic carbocycles. The van der Waals surface area contributed by atoms with Crippen LogP contribution in [0.15, 0.2) is 60.8 Å². The average molecular weight is 395 g/mol. The summed E-state index contributed by atoms with van der Waals surface area (Å²) >= 11 is 0. The first-order chi connectivity index (χ1) is 13.9. The van der Waals surface area contributed by atoms with Gasteiger partial charge in [-0.05, 0) is 53.0 Å². The molecule has 0 fully saturated rings. The summed E-state index contributed by atoms with van der Waals surface area (Å²) in [6.07, 6.45) is 4.26. The monoisotopic (exact) mass is 395 g/mol. The fourth-order valence-electron chi connectivity index (χ4n) is 2.69. The summed E-state index contributed by atoms with van der Waals surface area (Å²) in [4.78, 5) is 26.7. The molecule has 29 heavy (non-hydrogen) atoms. The standard InChI is InChI=1S/C21H18FN3O4/c1-15-23-14-21(25(27)28)24(15)12-13-29-19-9-5-17(6-10-19)20(26)11-4-16-2-7-18(22)8-3-16/h2-11,14H,12-13H2,1H3/b11-4+. The highest BCUT2D eigenvalue weighted by molar-refractivity contribution is 6.06. The molecular formula is C21H18FN3O4. The summed E-state index contributed by atoms with van der Waals surface area (Å²) in [7, 11) is 0. The van der Waals surface area contributed by atoms with E-state index in [9.17, 15) is 19.3 Å². The van der Waals surface area contributed by atoms with Crippen LogP contribution >= 0.6 is 0 Å². The van der Waals surface area contributed by atoms with Gasteiger partial charge in [0.2, 0.25) is 0 Å². The van der Waals surface area contributed by atoms with Gasteiger partial charge in [0.25, 0.3) is 0 Å². The predicted molar refractivity (Wildman–Crippen MR) is 105 cm³/mol. The van der Waals surface area contributed by atoms with E-state index in [0.29, 0.717) is 17.1 Å². The normalized spacial score (nSPS) is 11.0. The molecule has 0 amide bonds. The molecule has 148 valence electrons. The Balaban J connectivity index is 1.56. The molecule has 0 bridgehead atoms. The molecule has 0 N–H and O–H groups in total. The molecule has 0 aliphatic heterocycles. The number of ether oxygens (including phenoxy) is 1. The van der Waals surface area contributed by atoms with Crippen LogP contribution in [0.25, 0.3) is 6.08 Å². The van der Waals surface area contributed by atoms with Crippen LogP contribution in [0.5, 0.6) is 5.75 Å². The lowest BCUT2D eigenvalue weighted by molar-refractivity contribution is -0.392. The number of hydrogen-bond acceptors (Lipinski definition) is 5. The largest absolute Gasteiger partial charge is 0.489 e. The molecule has 8 heteroatoms. The lowest BCUT2D eigenvalue weighted by atomic mass is 10.1. The van der Waals surface area contributed by atoms with Gasteiger partial charge in [0.15, 0.2) is 11.6 Å². The van der Waals surface area contributed by atoms with Crippen molar-refractivity contribution >= 4 is 17.7 Å². The van der Waals surface area contributed by atoms with Gasteiger partial charge < -0.3 is 14.9 Å². The molecule has 0 aliphatic rings. The Morgan fingerprint density at radius 2 is 1.90 bits per heavy atom. The van der Waals surface area contributed by atoms with E-state index >= 15 is 0 Å². The van der Waals surface area contributed by atoms with Gasteiger partial charge in [-0.2, -0.15) is 0 Å². The van der Waals surface area contributed by atoms with E-state index in [1.807, 2.05) is 0 Å². The van der Waals surface area contributed by atoms with Crippen molar-refractivity contribution in [3.05, 3.63) is 93.7 Å². The highest BCUT2D eigenvalue weighted by Crippen LogP contribution is 2.16. The van der Waals surface area contributed by atoms with Gasteiger partial charge in [-0.1, -0.05) is 18.2 Å². The first-order valence-electron chi connectivity index (χ1n) is 8.81. The zero-order chi connectivity index (χ0) is 20.8. The lowest BCUT2D eigenvalue weighted by Crippen LogP contribution is -2.11. The molecule has 2 aromatic carbocycles. The quantitative estimate of drug-likeness (QED) is 0.247. The zero-order valence-corrected chi connectivity index (χ0v) is 15.6. The summed E-state index contributed by atoms with van der Waals surface area (Å²) in [5, 5.41) is 11.0. The van der Waals surface area contributed by atoms with Gasteiger partial charge in [-0.15, -0.1) is 0 Å². The van der Waals surface area contributed by atoms with Gasteiger partial charge >= 0.3 is 5.82 Å². The Hall–Kier alpha value is -3.81. The summed E-state index contributed by atoms with van der Waals surface area (Å²) in [6.45, 7) is 2.19. The van der Waals surface area contributed by atoms with Crippen molar-refractivity contribution in [1.82, 2.24) is 9.55 Å². The van der Waals surface area contributed by atoms with Crippen LogP contribution < -0.4 is 4.74 Å². The number of benzene rings is 2. The van der Waals surface area contributed by atoms with Crippen LogP contribution in [0.1, 0.15) is 21.7 Å². The molecule has 0 radical (unpaired) electrons. The van der Waals surface area contributed by atoms with Crippen molar-refractivity contribution in [3.8, 4) is 5.75 Å². The van der Waals surface area contributed by atoms with Crippen molar-refractivity contribution in [2.45, 2.75) is 13.5 Å². The number of aromatic nitrogens is 2. The molecule has 7 nitrogen and oxygen atoms in total. The second kappa shape index (κ2) is 8.92. The van der Waals surface area contributed by atoms with E-state index in [4.69, 9.17) is 4.74 Å². The predicted octanol–water partition coefficient (Wildman–Crippen LogP) is 4.21. The van der Waals surface area contributed by atoms with Crippen LogP contribution in [-0.4, -0.2) is 26.9 Å². The van der Waals surface area contributed by atoms with Crippen molar-refractivity contribution in [3.63, 3.8) is 0 Å². The fraction of sp³-hybridized carbons (Fsp3) is 0.143. The fourth-order valence-corrected chi connectivity index (χ4v) is 2.69. The van der Waals surface area contributed by atoms with Crippen molar-refractivity contribution in [2.24, 2.45) is 0 Å². The maximum atomic E-state index is 12.9. The summed E-state index contributed by atoms with van der Waals surface area (Å²) in [6, 6.07) is 12.4. The van der Waals surface area contributed by atoms with Gasteiger partial charge in [-0.25, -0.2) is 13.9 Å². The second-order valence-electron chi connectivity index (χ2n) is 6.19. The van der Waals surface area contributed by atoms with Crippen molar-refractivity contribution in [2.75, 3.05) is 6.61 Å². The number of carbonyl (C=O) groups is 1. The summed E-state index contributed by atoms with van der Waals surface area (Å²) in [5.41, 5.74) is 1.21. The number of nitrogens with zero attached hydrogens (tertiary/aromatic N) is 3. The molecular weight excluding hydrogens is 377 g/mol. The van der Waals surface area contributed by atoms with E-state index in [-0.39, 0.29) is 30.6 Å². The molecule has 1 heterocycles. The first-order valence-corrected chi connectivity index (χ1v) is 8.81. The Kier molecular flexibility index (Phi) is 6.13. The Morgan fingerprint density at radius 3 is 2.55 bits per heavy atom. The third-order valence-electron chi connectivity index (χ3n) is 4.24. The molecule has 3 aromatic rings. The number of aryl methyl sites for hydroxylation is 1. The smallest absolute Gasteiger partial charge is 0.342 e. The van der Waals surface area contributed by atoms with Gasteiger partial charge in [0, 0.05) is 12.5 Å². The molecule has 0 atom stereocenters. The van der Waals surface area contributed by atoms with Crippen LogP contribution in [-0.2, 0) is 6.54 Å². The summed E-state index contributed by atoms with van der Waals surface area (Å²) < 4.78 is 20.0. The highest BCUT2D eigenvalue weighted by atomic mass is 19.1. The molecule has 0 unspecified atom stereocenters. The van der Waals surface area contributed by atoms with Crippen LogP contribution in [0, 0.1) is 22.9 Å². The van der Waals surface area contributed by atoms with Crippen LogP contribution in [0.3, 0.4) is 0 Å². The van der Waals surface area contributed by atoms with Crippen molar-refractivity contribution in [1.29, 1.82) is 0 Å². The van der Waals surface area contributed by atoms with Crippen LogP contribution in [0.4, 0.5) is 10.2 Å². The average Bonchev–Trinajstić information content (AvgIpc) is 3.09. The van der Waals surface area contributed by atoms with Crippen molar-refractivity contribution < 1.29 is 18.8 Å². The first kappa shape index (κ1) is 19.9. The number of ketones is 1. The van der Waals surface area contributed by atoms with E-state index in [1.54, 1.807) is 49.4 Å².